The van der Waals surface area contributed by atoms with E-state index in [0.29, 0.717) is 18.0 Å². The van der Waals surface area contributed by atoms with Gasteiger partial charge >= 0.3 is 5.97 Å². The van der Waals surface area contributed by atoms with Crippen LogP contribution < -0.4 is 0 Å². The molecule has 0 saturated heterocycles. The van der Waals surface area contributed by atoms with Crippen LogP contribution in [0.3, 0.4) is 0 Å². The van der Waals surface area contributed by atoms with Crippen LogP contribution in [-0.2, 0) is 16.1 Å². The summed E-state index contributed by atoms with van der Waals surface area (Å²) in [5, 5.41) is 0. The number of nitrogens with zero attached hydrogens (tertiary/aromatic N) is 1. The van der Waals surface area contributed by atoms with Gasteiger partial charge in [-0.2, -0.15) is 0 Å². The van der Waals surface area contributed by atoms with Gasteiger partial charge < -0.3 is 4.74 Å². The second-order valence-electron chi connectivity index (χ2n) is 5.46. The topological polar surface area (TPSA) is 29.5 Å². The summed E-state index contributed by atoms with van der Waals surface area (Å²) in [6.07, 6.45) is 1.93. The number of rotatable bonds is 8. The summed E-state index contributed by atoms with van der Waals surface area (Å²) in [6, 6.07) is 10.4. The second kappa shape index (κ2) is 8.42. The molecule has 3 nitrogen and oxygen atoms in total. The van der Waals surface area contributed by atoms with E-state index in [-0.39, 0.29) is 12.0 Å². The second-order valence-corrected chi connectivity index (χ2v) is 5.46. The van der Waals surface area contributed by atoms with E-state index in [9.17, 15) is 4.79 Å². The normalized spacial score (nSPS) is 12.2. The van der Waals surface area contributed by atoms with Gasteiger partial charge in [-0.1, -0.05) is 56.8 Å². The van der Waals surface area contributed by atoms with Crippen molar-refractivity contribution in [2.24, 2.45) is 5.92 Å². The third-order valence-corrected chi connectivity index (χ3v) is 3.44. The molecule has 0 saturated carbocycles. The minimum atomic E-state index is -0.361. The lowest BCUT2D eigenvalue weighted by Gasteiger charge is -2.32. The van der Waals surface area contributed by atoms with Crippen LogP contribution in [0.25, 0.3) is 0 Å². The Balaban J connectivity index is 2.91. The lowest BCUT2D eigenvalue weighted by molar-refractivity contribution is -0.136. The molecule has 0 heterocycles. The molecule has 1 atom stereocenters. The molecule has 0 aliphatic heterocycles. The average molecular weight is 287 g/mol. The molecule has 1 rings (SSSR count). The number of ether oxygens (including phenoxy) is 1. The van der Waals surface area contributed by atoms with Crippen LogP contribution in [0.5, 0.6) is 0 Å². The van der Waals surface area contributed by atoms with Gasteiger partial charge in [0.05, 0.1) is 7.11 Å². The minimum Gasteiger partial charge on any atom is -0.466 e. The van der Waals surface area contributed by atoms with Gasteiger partial charge in [0.1, 0.15) is 0 Å². The number of carbonyl (C=O) groups excluding carboxylic acids is 1. The Bertz CT molecular complexity index is 479. The Morgan fingerprint density at radius 3 is 2.43 bits per heavy atom. The summed E-state index contributed by atoms with van der Waals surface area (Å²) in [7, 11) is 1.38. The van der Waals surface area contributed by atoms with Crippen molar-refractivity contribution in [3.05, 3.63) is 60.7 Å². The van der Waals surface area contributed by atoms with E-state index in [1.54, 1.807) is 0 Å². The molecule has 1 aromatic carbocycles. The summed E-state index contributed by atoms with van der Waals surface area (Å²) in [6.45, 7) is 13.3. The SMILES string of the molecule is C=CC(C(C)C)N(CC(=C)C(=O)OC)Cc1ccccc1. The molecule has 1 unspecified atom stereocenters. The molecular weight excluding hydrogens is 262 g/mol. The van der Waals surface area contributed by atoms with Crippen molar-refractivity contribution in [3.8, 4) is 0 Å². The number of hydrogen-bond acceptors (Lipinski definition) is 3. The van der Waals surface area contributed by atoms with Crippen LogP contribution in [0, 0.1) is 5.92 Å². The highest BCUT2D eigenvalue weighted by Gasteiger charge is 2.22. The van der Waals surface area contributed by atoms with Gasteiger partial charge in [-0.3, -0.25) is 4.90 Å². The first kappa shape index (κ1) is 17.2. The van der Waals surface area contributed by atoms with Crippen molar-refractivity contribution in [1.29, 1.82) is 0 Å². The summed E-state index contributed by atoms with van der Waals surface area (Å²) in [4.78, 5) is 13.8. The first-order valence-electron chi connectivity index (χ1n) is 7.16. The van der Waals surface area contributed by atoms with E-state index in [1.807, 2.05) is 24.3 Å². The van der Waals surface area contributed by atoms with Gasteiger partial charge in [-0.05, 0) is 11.5 Å². The fourth-order valence-corrected chi connectivity index (χ4v) is 2.38. The van der Waals surface area contributed by atoms with Crippen LogP contribution in [0.2, 0.25) is 0 Å². The van der Waals surface area contributed by atoms with E-state index in [1.165, 1.54) is 12.7 Å². The molecule has 0 spiro atoms. The predicted molar refractivity (Wildman–Crippen MR) is 86.8 cm³/mol. The van der Waals surface area contributed by atoms with Gasteiger partial charge in [0.2, 0.25) is 0 Å². The lowest BCUT2D eigenvalue weighted by Crippen LogP contribution is -2.39. The maximum absolute atomic E-state index is 11.6. The van der Waals surface area contributed by atoms with Crippen LogP contribution in [-0.4, -0.2) is 30.6 Å². The summed E-state index contributed by atoms with van der Waals surface area (Å²) in [5.41, 5.74) is 1.66. The Hall–Kier alpha value is -1.87. The molecule has 0 radical (unpaired) electrons. The Kier molecular flexibility index (Phi) is 6.89. The fraction of sp³-hybridized carbons (Fsp3) is 0.389. The van der Waals surface area contributed by atoms with E-state index in [2.05, 4.69) is 44.0 Å². The predicted octanol–water partition coefficient (Wildman–Crippen LogP) is 3.43. The van der Waals surface area contributed by atoms with E-state index >= 15 is 0 Å². The van der Waals surface area contributed by atoms with Crippen molar-refractivity contribution in [2.45, 2.75) is 26.4 Å². The van der Waals surface area contributed by atoms with Crippen molar-refractivity contribution in [2.75, 3.05) is 13.7 Å². The van der Waals surface area contributed by atoms with E-state index in [0.717, 1.165) is 6.54 Å². The molecule has 0 bridgehead atoms. The Morgan fingerprint density at radius 2 is 1.95 bits per heavy atom. The number of benzene rings is 1. The molecule has 3 heteroatoms. The number of hydrogen-bond donors (Lipinski definition) is 0. The zero-order valence-corrected chi connectivity index (χ0v) is 13.2. The van der Waals surface area contributed by atoms with Crippen LogP contribution in [0.4, 0.5) is 0 Å². The summed E-state index contributed by atoms with van der Waals surface area (Å²) in [5.74, 6) is 0.0382. The van der Waals surface area contributed by atoms with Crippen molar-refractivity contribution >= 4 is 5.97 Å². The van der Waals surface area contributed by atoms with E-state index in [4.69, 9.17) is 4.74 Å². The average Bonchev–Trinajstić information content (AvgIpc) is 2.47. The molecule has 0 fully saturated rings. The lowest BCUT2D eigenvalue weighted by atomic mass is 10.0. The highest BCUT2D eigenvalue weighted by atomic mass is 16.5. The zero-order valence-electron chi connectivity index (χ0n) is 13.2. The maximum atomic E-state index is 11.6. The number of esters is 1. The fourth-order valence-electron chi connectivity index (χ4n) is 2.38. The molecule has 1 aromatic rings. The highest BCUT2D eigenvalue weighted by molar-refractivity contribution is 5.88. The van der Waals surface area contributed by atoms with Gasteiger partial charge in [0.25, 0.3) is 0 Å². The minimum absolute atomic E-state index is 0.173. The molecule has 114 valence electrons. The maximum Gasteiger partial charge on any atom is 0.334 e. The Labute approximate surface area is 127 Å². The van der Waals surface area contributed by atoms with Crippen molar-refractivity contribution in [3.63, 3.8) is 0 Å². The molecular formula is C18H25NO2. The van der Waals surface area contributed by atoms with Gasteiger partial charge in [0, 0.05) is 24.7 Å². The monoisotopic (exact) mass is 287 g/mol. The first-order chi connectivity index (χ1) is 9.99. The molecule has 0 aromatic heterocycles. The number of carbonyl (C=O) groups is 1. The van der Waals surface area contributed by atoms with E-state index < -0.39 is 0 Å². The van der Waals surface area contributed by atoms with Crippen LogP contribution in [0.1, 0.15) is 19.4 Å². The molecule has 0 amide bonds. The standard InChI is InChI=1S/C18H25NO2/c1-6-17(14(2)3)19(12-15(4)18(20)21-5)13-16-10-8-7-9-11-16/h6-11,14,17H,1,4,12-13H2,2-3,5H3. The molecule has 0 N–H and O–H groups in total. The number of methoxy groups -OCH3 is 1. The highest BCUT2D eigenvalue weighted by Crippen LogP contribution is 2.17. The third kappa shape index (κ3) is 5.20. The summed E-state index contributed by atoms with van der Waals surface area (Å²) >= 11 is 0. The zero-order chi connectivity index (χ0) is 15.8. The van der Waals surface area contributed by atoms with Crippen molar-refractivity contribution in [1.82, 2.24) is 4.90 Å². The molecule has 0 aliphatic rings. The van der Waals surface area contributed by atoms with Crippen LogP contribution in [0.15, 0.2) is 55.1 Å². The molecule has 0 aliphatic carbocycles. The smallest absolute Gasteiger partial charge is 0.334 e. The third-order valence-electron chi connectivity index (χ3n) is 3.44. The molecule has 21 heavy (non-hydrogen) atoms. The summed E-state index contributed by atoms with van der Waals surface area (Å²) < 4.78 is 4.75. The Morgan fingerprint density at radius 1 is 1.33 bits per heavy atom. The quantitative estimate of drug-likeness (QED) is 0.417. The largest absolute Gasteiger partial charge is 0.466 e. The van der Waals surface area contributed by atoms with Crippen LogP contribution >= 0.6 is 0 Å². The van der Waals surface area contributed by atoms with Gasteiger partial charge in [0.15, 0.2) is 0 Å². The van der Waals surface area contributed by atoms with Crippen molar-refractivity contribution < 1.29 is 9.53 Å². The van der Waals surface area contributed by atoms with Gasteiger partial charge in [-0.15, -0.1) is 6.58 Å². The van der Waals surface area contributed by atoms with Gasteiger partial charge in [-0.25, -0.2) is 4.79 Å². The first-order valence-corrected chi connectivity index (χ1v) is 7.16.